The molecule has 0 aliphatic rings. The first kappa shape index (κ1) is 58.3. The maximum atomic E-state index is 12.8. The highest BCUT2D eigenvalue weighted by Gasteiger charge is 2.19. The van der Waals surface area contributed by atoms with Crippen molar-refractivity contribution >= 4 is 17.9 Å². The van der Waals surface area contributed by atoms with E-state index in [1.54, 1.807) is 0 Å². The standard InChI is InChI=1S/C56H92O6/c1-4-7-10-13-16-19-22-24-26-28-30-31-34-37-40-43-46-49-55(58)61-52-53(51-60-54(57)48-45-42-39-36-33-21-18-15-12-9-6-3)62-56(59)50-47-44-41-38-35-32-29-27-25-23-20-17-14-11-8-5-2/h7,10,15-16,18-19,21,24,26-27,29-31,33,37,40,53H,4-6,8-9,11-14,17,20,22-23,25,28,32,34-36,38-39,41-52H2,1-3H3/b10-7-,18-15-,19-16-,26-24-,29-27-,31-30-,33-21-,40-37-. The molecule has 0 aliphatic carbocycles. The van der Waals surface area contributed by atoms with E-state index in [-0.39, 0.29) is 37.5 Å². The molecule has 0 saturated carbocycles. The molecule has 6 nitrogen and oxygen atoms in total. The lowest BCUT2D eigenvalue weighted by atomic mass is 10.1. The van der Waals surface area contributed by atoms with E-state index in [2.05, 4.69) is 118 Å². The van der Waals surface area contributed by atoms with Crippen molar-refractivity contribution < 1.29 is 28.6 Å². The van der Waals surface area contributed by atoms with Gasteiger partial charge in [0.1, 0.15) is 13.2 Å². The van der Waals surface area contributed by atoms with Crippen LogP contribution in [0.4, 0.5) is 0 Å². The monoisotopic (exact) mass is 861 g/mol. The van der Waals surface area contributed by atoms with Crippen molar-refractivity contribution in [2.75, 3.05) is 13.2 Å². The van der Waals surface area contributed by atoms with E-state index in [0.29, 0.717) is 19.3 Å². The van der Waals surface area contributed by atoms with E-state index in [1.165, 1.54) is 70.6 Å². The van der Waals surface area contributed by atoms with Crippen molar-refractivity contribution in [3.8, 4) is 0 Å². The number of allylic oxidation sites excluding steroid dienone is 16. The molecule has 0 rings (SSSR count). The first-order chi connectivity index (χ1) is 30.5. The molecule has 0 N–H and O–H groups in total. The summed E-state index contributed by atoms with van der Waals surface area (Å²) in [5, 5.41) is 0. The van der Waals surface area contributed by atoms with Crippen LogP contribution in [0.3, 0.4) is 0 Å². The van der Waals surface area contributed by atoms with Gasteiger partial charge in [-0.15, -0.1) is 0 Å². The van der Waals surface area contributed by atoms with E-state index < -0.39 is 6.10 Å². The summed E-state index contributed by atoms with van der Waals surface area (Å²) in [4.78, 5) is 37.9. The van der Waals surface area contributed by atoms with Crippen molar-refractivity contribution in [1.29, 1.82) is 0 Å². The van der Waals surface area contributed by atoms with Gasteiger partial charge in [0.05, 0.1) is 0 Å². The molecule has 0 fully saturated rings. The van der Waals surface area contributed by atoms with Gasteiger partial charge in [0, 0.05) is 19.3 Å². The second kappa shape index (κ2) is 50.0. The molecule has 6 heteroatoms. The van der Waals surface area contributed by atoms with Gasteiger partial charge in [0.25, 0.3) is 0 Å². The third-order valence-electron chi connectivity index (χ3n) is 10.3. The Balaban J connectivity index is 4.51. The topological polar surface area (TPSA) is 78.9 Å². The Hall–Kier alpha value is -3.67. The lowest BCUT2D eigenvalue weighted by molar-refractivity contribution is -0.167. The summed E-state index contributed by atoms with van der Waals surface area (Å²) in [5.74, 6) is -1.01. The highest BCUT2D eigenvalue weighted by molar-refractivity contribution is 5.71. The van der Waals surface area contributed by atoms with E-state index in [0.717, 1.165) is 103 Å². The van der Waals surface area contributed by atoms with Crippen molar-refractivity contribution in [2.24, 2.45) is 0 Å². The number of esters is 3. The predicted molar refractivity (Wildman–Crippen MR) is 265 cm³/mol. The molecular weight excluding hydrogens is 769 g/mol. The Morgan fingerprint density at radius 1 is 0.355 bits per heavy atom. The zero-order valence-electron chi connectivity index (χ0n) is 40.1. The van der Waals surface area contributed by atoms with Gasteiger partial charge in [-0.1, -0.05) is 195 Å². The summed E-state index contributed by atoms with van der Waals surface area (Å²) in [6, 6.07) is 0. The normalized spacial score (nSPS) is 12.9. The molecule has 0 amide bonds. The number of rotatable bonds is 44. The number of hydrogen-bond donors (Lipinski definition) is 0. The lowest BCUT2D eigenvalue weighted by Crippen LogP contribution is -2.30. The van der Waals surface area contributed by atoms with Gasteiger partial charge in [-0.3, -0.25) is 14.4 Å². The Morgan fingerprint density at radius 3 is 1.23 bits per heavy atom. The number of unbranched alkanes of at least 4 members (excludes halogenated alkanes) is 18. The van der Waals surface area contributed by atoms with Crippen LogP contribution >= 0.6 is 0 Å². The van der Waals surface area contributed by atoms with E-state index in [1.807, 2.05) is 0 Å². The minimum atomic E-state index is -0.815. The van der Waals surface area contributed by atoms with Crippen LogP contribution in [-0.4, -0.2) is 37.2 Å². The average Bonchev–Trinajstić information content (AvgIpc) is 3.27. The second-order valence-corrected chi connectivity index (χ2v) is 16.4. The second-order valence-electron chi connectivity index (χ2n) is 16.4. The fourth-order valence-electron chi connectivity index (χ4n) is 6.51. The predicted octanol–water partition coefficient (Wildman–Crippen LogP) is 16.6. The smallest absolute Gasteiger partial charge is 0.306 e. The SMILES string of the molecule is CC/C=C\C/C=C\C/C=C\C/C=C\C/C=C\CCCC(=O)OCC(COC(=O)CCCCC/C=C\C=C/CCCC)OC(=O)CCCCCCC/C=C\CCCCCCCCC. The minimum absolute atomic E-state index is 0.114. The van der Waals surface area contributed by atoms with Crippen LogP contribution in [-0.2, 0) is 28.6 Å². The summed E-state index contributed by atoms with van der Waals surface area (Å²) in [7, 11) is 0. The van der Waals surface area contributed by atoms with Crippen molar-refractivity contribution in [1.82, 2.24) is 0 Å². The highest BCUT2D eigenvalue weighted by Crippen LogP contribution is 2.13. The first-order valence-corrected chi connectivity index (χ1v) is 25.3. The van der Waals surface area contributed by atoms with Crippen molar-refractivity contribution in [3.63, 3.8) is 0 Å². The Morgan fingerprint density at radius 2 is 0.710 bits per heavy atom. The molecule has 0 radical (unpaired) electrons. The van der Waals surface area contributed by atoms with Gasteiger partial charge in [-0.25, -0.2) is 0 Å². The quantitative estimate of drug-likeness (QED) is 0.0200. The van der Waals surface area contributed by atoms with Crippen LogP contribution < -0.4 is 0 Å². The zero-order valence-corrected chi connectivity index (χ0v) is 40.1. The van der Waals surface area contributed by atoms with Crippen LogP contribution in [0.25, 0.3) is 0 Å². The van der Waals surface area contributed by atoms with Gasteiger partial charge in [-0.05, 0) is 103 Å². The molecule has 62 heavy (non-hydrogen) atoms. The van der Waals surface area contributed by atoms with E-state index >= 15 is 0 Å². The molecular formula is C56H92O6. The molecule has 1 unspecified atom stereocenters. The van der Waals surface area contributed by atoms with Gasteiger partial charge in [0.15, 0.2) is 6.10 Å². The van der Waals surface area contributed by atoms with Gasteiger partial charge >= 0.3 is 17.9 Å². The molecule has 0 spiro atoms. The van der Waals surface area contributed by atoms with Crippen LogP contribution in [0.1, 0.15) is 220 Å². The van der Waals surface area contributed by atoms with E-state index in [9.17, 15) is 14.4 Å². The van der Waals surface area contributed by atoms with Gasteiger partial charge in [0.2, 0.25) is 0 Å². The summed E-state index contributed by atoms with van der Waals surface area (Å²) < 4.78 is 16.7. The fraction of sp³-hybridized carbons (Fsp3) is 0.661. The third kappa shape index (κ3) is 47.4. The Labute approximate surface area is 381 Å². The molecule has 0 saturated heterocycles. The number of carbonyl (C=O) groups excluding carboxylic acids is 3. The molecule has 0 aromatic carbocycles. The molecule has 0 aliphatic heterocycles. The highest BCUT2D eigenvalue weighted by atomic mass is 16.6. The summed E-state index contributed by atoms with van der Waals surface area (Å²) >= 11 is 0. The lowest BCUT2D eigenvalue weighted by Gasteiger charge is -2.18. The largest absolute Gasteiger partial charge is 0.462 e. The van der Waals surface area contributed by atoms with Crippen LogP contribution in [0, 0.1) is 0 Å². The maximum Gasteiger partial charge on any atom is 0.306 e. The molecule has 1 atom stereocenters. The molecule has 0 aromatic heterocycles. The maximum absolute atomic E-state index is 12.8. The Bertz CT molecular complexity index is 1260. The first-order valence-electron chi connectivity index (χ1n) is 25.3. The summed E-state index contributed by atoms with van der Waals surface area (Å²) in [5.41, 5.74) is 0. The minimum Gasteiger partial charge on any atom is -0.462 e. The number of carbonyl (C=O) groups is 3. The molecule has 352 valence electrons. The van der Waals surface area contributed by atoms with Gasteiger partial charge in [-0.2, -0.15) is 0 Å². The van der Waals surface area contributed by atoms with Gasteiger partial charge < -0.3 is 14.2 Å². The fourth-order valence-corrected chi connectivity index (χ4v) is 6.51. The number of hydrogen-bond acceptors (Lipinski definition) is 6. The average molecular weight is 861 g/mol. The summed E-state index contributed by atoms with van der Waals surface area (Å²) in [6.45, 7) is 6.37. The van der Waals surface area contributed by atoms with Crippen molar-refractivity contribution in [3.05, 3.63) is 97.2 Å². The third-order valence-corrected chi connectivity index (χ3v) is 10.3. The molecule has 0 heterocycles. The van der Waals surface area contributed by atoms with Crippen LogP contribution in [0.5, 0.6) is 0 Å². The van der Waals surface area contributed by atoms with Crippen LogP contribution in [0.15, 0.2) is 97.2 Å². The van der Waals surface area contributed by atoms with E-state index in [4.69, 9.17) is 14.2 Å². The Kier molecular flexibility index (Phi) is 47.0. The number of ether oxygens (including phenoxy) is 3. The van der Waals surface area contributed by atoms with Crippen molar-refractivity contribution in [2.45, 2.75) is 226 Å². The molecule has 0 aromatic rings. The summed E-state index contributed by atoms with van der Waals surface area (Å²) in [6.07, 6.45) is 65.4. The van der Waals surface area contributed by atoms with Crippen LogP contribution in [0.2, 0.25) is 0 Å². The molecule has 0 bridgehead atoms. The zero-order chi connectivity index (χ0) is 45.1.